The van der Waals surface area contributed by atoms with Crippen LogP contribution in [0.1, 0.15) is 38.8 Å². The number of hydrogen-bond acceptors (Lipinski definition) is 4. The van der Waals surface area contributed by atoms with Crippen LogP contribution >= 0.6 is 11.6 Å². The van der Waals surface area contributed by atoms with Gasteiger partial charge < -0.3 is 19.7 Å². The number of halogens is 1. The van der Waals surface area contributed by atoms with Crippen molar-refractivity contribution in [3.05, 3.63) is 39.8 Å². The van der Waals surface area contributed by atoms with E-state index < -0.39 is 7.12 Å². The van der Waals surface area contributed by atoms with E-state index in [9.17, 15) is 5.11 Å². The van der Waals surface area contributed by atoms with Crippen LogP contribution in [-0.2, 0) is 15.9 Å². The number of benzene rings is 1. The standard InChI is InChI=1S/C17H25BClNO3/c1-16(2)17(3,4)23-18(22-16)14(10-20-5)9-13-8-12(11-21)6-7-15(13)19/h6-9,20-21H,10-11H2,1-5H3. The van der Waals surface area contributed by atoms with Gasteiger partial charge in [0.05, 0.1) is 17.8 Å². The number of hydrogen-bond donors (Lipinski definition) is 2. The minimum atomic E-state index is -0.429. The number of aliphatic hydroxyl groups excluding tert-OH is 1. The molecule has 1 heterocycles. The Morgan fingerprint density at radius 2 is 1.87 bits per heavy atom. The molecule has 23 heavy (non-hydrogen) atoms. The Morgan fingerprint density at radius 1 is 1.26 bits per heavy atom. The smallest absolute Gasteiger partial charge is 0.400 e. The molecule has 0 aliphatic carbocycles. The molecule has 0 atom stereocenters. The third kappa shape index (κ3) is 3.98. The zero-order chi connectivity index (χ0) is 17.3. The van der Waals surface area contributed by atoms with Crippen molar-refractivity contribution in [3.8, 4) is 0 Å². The van der Waals surface area contributed by atoms with Crippen molar-refractivity contribution in [2.75, 3.05) is 13.6 Å². The fourth-order valence-electron chi connectivity index (χ4n) is 2.40. The first-order valence-corrected chi connectivity index (χ1v) is 8.18. The molecule has 1 aliphatic rings. The summed E-state index contributed by atoms with van der Waals surface area (Å²) in [6.07, 6.45) is 1.97. The highest BCUT2D eigenvalue weighted by molar-refractivity contribution is 6.56. The monoisotopic (exact) mass is 337 g/mol. The molecule has 0 bridgehead atoms. The van der Waals surface area contributed by atoms with E-state index >= 15 is 0 Å². The van der Waals surface area contributed by atoms with E-state index in [1.165, 1.54) is 0 Å². The summed E-state index contributed by atoms with van der Waals surface area (Å²) in [4.78, 5) is 0. The summed E-state index contributed by atoms with van der Waals surface area (Å²) in [6, 6.07) is 5.48. The largest absolute Gasteiger partial charge is 0.491 e. The quantitative estimate of drug-likeness (QED) is 0.811. The van der Waals surface area contributed by atoms with E-state index in [0.717, 1.165) is 16.6 Å². The van der Waals surface area contributed by atoms with Crippen molar-refractivity contribution >= 4 is 24.8 Å². The Balaban J connectivity index is 2.36. The first-order chi connectivity index (χ1) is 10.7. The molecular weight excluding hydrogens is 312 g/mol. The van der Waals surface area contributed by atoms with Crippen molar-refractivity contribution in [1.82, 2.24) is 5.32 Å². The Labute approximate surface area is 144 Å². The van der Waals surface area contributed by atoms with Gasteiger partial charge in [0.25, 0.3) is 0 Å². The second kappa shape index (κ2) is 6.95. The maximum Gasteiger partial charge on any atom is 0.491 e. The van der Waals surface area contributed by atoms with Gasteiger partial charge in [-0.25, -0.2) is 0 Å². The topological polar surface area (TPSA) is 50.7 Å². The number of nitrogens with one attached hydrogen (secondary N) is 1. The highest BCUT2D eigenvalue weighted by Crippen LogP contribution is 2.39. The van der Waals surface area contributed by atoms with Gasteiger partial charge in [0.2, 0.25) is 0 Å². The van der Waals surface area contributed by atoms with Crippen LogP contribution in [-0.4, -0.2) is 37.0 Å². The van der Waals surface area contributed by atoms with Gasteiger partial charge in [-0.3, -0.25) is 0 Å². The third-order valence-corrected chi connectivity index (χ3v) is 4.86. The SMILES string of the molecule is CNCC(=Cc1cc(CO)ccc1Cl)B1OC(C)(C)C(C)(C)O1. The molecule has 4 nitrogen and oxygen atoms in total. The maximum absolute atomic E-state index is 9.31. The minimum absolute atomic E-state index is 0.0180. The number of aliphatic hydroxyl groups is 1. The Kier molecular flexibility index (Phi) is 5.59. The van der Waals surface area contributed by atoms with E-state index in [1.807, 2.05) is 53.0 Å². The second-order valence-corrected chi connectivity index (χ2v) is 7.26. The van der Waals surface area contributed by atoms with Crippen LogP contribution in [0.3, 0.4) is 0 Å². The van der Waals surface area contributed by atoms with Crippen molar-refractivity contribution in [2.45, 2.75) is 45.5 Å². The van der Waals surface area contributed by atoms with Gasteiger partial charge in [0.1, 0.15) is 0 Å². The highest BCUT2D eigenvalue weighted by Gasteiger charge is 2.52. The molecule has 0 radical (unpaired) electrons. The van der Waals surface area contributed by atoms with E-state index in [-0.39, 0.29) is 17.8 Å². The Hall–Kier alpha value is -0.845. The van der Waals surface area contributed by atoms with E-state index in [1.54, 1.807) is 6.07 Å². The average molecular weight is 338 g/mol. The number of rotatable bonds is 5. The van der Waals surface area contributed by atoms with Gasteiger partial charge in [-0.2, -0.15) is 0 Å². The molecule has 0 aromatic heterocycles. The summed E-state index contributed by atoms with van der Waals surface area (Å²) in [5, 5.41) is 13.1. The Bertz CT molecular complexity index is 586. The molecule has 126 valence electrons. The molecule has 1 aromatic rings. The molecule has 1 fully saturated rings. The molecule has 0 unspecified atom stereocenters. The van der Waals surface area contributed by atoms with Crippen LogP contribution in [0.25, 0.3) is 6.08 Å². The first-order valence-electron chi connectivity index (χ1n) is 7.80. The Morgan fingerprint density at radius 3 is 2.39 bits per heavy atom. The lowest BCUT2D eigenvalue weighted by atomic mass is 9.77. The van der Waals surface area contributed by atoms with E-state index in [0.29, 0.717) is 11.6 Å². The van der Waals surface area contributed by atoms with Crippen molar-refractivity contribution in [1.29, 1.82) is 0 Å². The third-order valence-electron chi connectivity index (χ3n) is 4.52. The zero-order valence-electron chi connectivity index (χ0n) is 14.4. The van der Waals surface area contributed by atoms with Gasteiger partial charge in [-0.15, -0.1) is 0 Å². The molecule has 6 heteroatoms. The minimum Gasteiger partial charge on any atom is -0.400 e. The van der Waals surface area contributed by atoms with Crippen molar-refractivity contribution < 1.29 is 14.4 Å². The van der Waals surface area contributed by atoms with Crippen LogP contribution < -0.4 is 5.32 Å². The van der Waals surface area contributed by atoms with Crippen molar-refractivity contribution in [2.24, 2.45) is 0 Å². The summed E-state index contributed by atoms with van der Waals surface area (Å²) < 4.78 is 12.2. The van der Waals surface area contributed by atoms with Gasteiger partial charge in [0.15, 0.2) is 0 Å². The van der Waals surface area contributed by atoms with Gasteiger partial charge in [-0.1, -0.05) is 23.7 Å². The fourth-order valence-corrected chi connectivity index (χ4v) is 2.57. The fraction of sp³-hybridized carbons (Fsp3) is 0.529. The number of likely N-dealkylation sites (N-methyl/N-ethyl adjacent to an activating group) is 1. The second-order valence-electron chi connectivity index (χ2n) is 6.85. The van der Waals surface area contributed by atoms with Gasteiger partial charge in [0, 0.05) is 11.6 Å². The molecule has 1 saturated heterocycles. The van der Waals surface area contributed by atoms with Crippen molar-refractivity contribution in [3.63, 3.8) is 0 Å². The molecule has 1 aromatic carbocycles. The normalized spacial score (nSPS) is 20.1. The summed E-state index contributed by atoms with van der Waals surface area (Å²) in [6.45, 7) is 8.73. The summed E-state index contributed by atoms with van der Waals surface area (Å²) in [5.41, 5.74) is 1.85. The predicted molar refractivity (Wildman–Crippen MR) is 95.4 cm³/mol. The molecular formula is C17H25BClNO3. The molecule has 0 saturated carbocycles. The predicted octanol–water partition coefficient (Wildman–Crippen LogP) is 3.07. The molecule has 2 N–H and O–H groups in total. The van der Waals surface area contributed by atoms with E-state index in [2.05, 4.69) is 5.32 Å². The molecule has 2 rings (SSSR count). The van der Waals surface area contributed by atoms with E-state index in [4.69, 9.17) is 20.9 Å². The average Bonchev–Trinajstić information content (AvgIpc) is 2.69. The molecule has 0 spiro atoms. The van der Waals surface area contributed by atoms with Crippen LogP contribution in [0.2, 0.25) is 5.02 Å². The zero-order valence-corrected chi connectivity index (χ0v) is 15.2. The van der Waals surface area contributed by atoms with Crippen LogP contribution in [0, 0.1) is 0 Å². The highest BCUT2D eigenvalue weighted by atomic mass is 35.5. The molecule has 1 aliphatic heterocycles. The van der Waals surface area contributed by atoms with Gasteiger partial charge >= 0.3 is 7.12 Å². The summed E-state index contributed by atoms with van der Waals surface area (Å²) in [5.74, 6) is 0. The summed E-state index contributed by atoms with van der Waals surface area (Å²) in [7, 11) is 1.45. The maximum atomic E-state index is 9.31. The first kappa shape index (κ1) is 18.5. The lowest BCUT2D eigenvalue weighted by molar-refractivity contribution is 0.00578. The summed E-state index contributed by atoms with van der Waals surface area (Å²) >= 11 is 6.29. The molecule has 0 amide bonds. The van der Waals surface area contributed by atoms with Crippen LogP contribution in [0.5, 0.6) is 0 Å². The lowest BCUT2D eigenvalue weighted by Crippen LogP contribution is -2.41. The van der Waals surface area contributed by atoms with Crippen LogP contribution in [0.4, 0.5) is 0 Å². The van der Waals surface area contributed by atoms with Crippen LogP contribution in [0.15, 0.2) is 23.7 Å². The lowest BCUT2D eigenvalue weighted by Gasteiger charge is -2.32. The van der Waals surface area contributed by atoms with Gasteiger partial charge in [-0.05, 0) is 63.5 Å².